The smallest absolute Gasteiger partial charge is 0.327 e. The van der Waals surface area contributed by atoms with Crippen LogP contribution in [0.3, 0.4) is 0 Å². The lowest BCUT2D eigenvalue weighted by Crippen LogP contribution is -2.58. The van der Waals surface area contributed by atoms with Crippen molar-refractivity contribution in [2.24, 2.45) is 11.7 Å². The third-order valence-electron chi connectivity index (χ3n) is 3.49. The summed E-state index contributed by atoms with van der Waals surface area (Å²) >= 11 is 7.75. The quantitative estimate of drug-likeness (QED) is 0.164. The van der Waals surface area contributed by atoms with Crippen LogP contribution in [-0.4, -0.2) is 76.2 Å². The van der Waals surface area contributed by atoms with E-state index in [0.717, 1.165) is 0 Å². The van der Waals surface area contributed by atoms with Crippen LogP contribution in [0.25, 0.3) is 0 Å². The summed E-state index contributed by atoms with van der Waals surface area (Å²) in [4.78, 5) is 47.5. The van der Waals surface area contributed by atoms with Crippen molar-refractivity contribution in [2.75, 3.05) is 18.1 Å². The van der Waals surface area contributed by atoms with Crippen molar-refractivity contribution in [2.45, 2.75) is 44.4 Å². The number of aliphatic hydroxyl groups is 1. The molecule has 156 valence electrons. The maximum Gasteiger partial charge on any atom is 0.327 e. The van der Waals surface area contributed by atoms with Gasteiger partial charge in [-0.2, -0.15) is 25.3 Å². The Balaban J connectivity index is 5.14. The molecule has 0 aromatic rings. The van der Waals surface area contributed by atoms with Crippen molar-refractivity contribution in [3.63, 3.8) is 0 Å². The Morgan fingerprint density at radius 2 is 1.37 bits per heavy atom. The predicted molar refractivity (Wildman–Crippen MR) is 106 cm³/mol. The van der Waals surface area contributed by atoms with E-state index in [9.17, 15) is 24.3 Å². The van der Waals surface area contributed by atoms with Gasteiger partial charge in [0.1, 0.15) is 18.1 Å². The van der Waals surface area contributed by atoms with Crippen molar-refractivity contribution >= 4 is 48.9 Å². The lowest BCUT2D eigenvalue weighted by atomic mass is 10.0. The van der Waals surface area contributed by atoms with Crippen LogP contribution in [-0.2, 0) is 19.2 Å². The standard InChI is InChI=1S/C15H28N4O6S2/c1-7(2)3-9(13(22)19-11(6-27)15(24)25)17-14(23)10(4-20)18-12(21)8(16)5-26/h7-11,20,26-27H,3-6,16H2,1-2H3,(H,17,23)(H,18,21)(H,19,22)(H,24,25). The van der Waals surface area contributed by atoms with Crippen molar-refractivity contribution in [1.29, 1.82) is 0 Å². The molecular weight excluding hydrogens is 396 g/mol. The van der Waals surface area contributed by atoms with Crippen LogP contribution < -0.4 is 21.7 Å². The van der Waals surface area contributed by atoms with Gasteiger partial charge < -0.3 is 31.9 Å². The molecule has 0 saturated heterocycles. The zero-order valence-corrected chi connectivity index (χ0v) is 17.0. The fraction of sp³-hybridized carbons (Fsp3) is 0.733. The van der Waals surface area contributed by atoms with Gasteiger partial charge in [-0.3, -0.25) is 14.4 Å². The molecule has 0 radical (unpaired) electrons. The highest BCUT2D eigenvalue weighted by molar-refractivity contribution is 7.80. The van der Waals surface area contributed by atoms with Gasteiger partial charge in [-0.1, -0.05) is 13.8 Å². The highest BCUT2D eigenvalue weighted by atomic mass is 32.1. The van der Waals surface area contributed by atoms with E-state index >= 15 is 0 Å². The largest absolute Gasteiger partial charge is 0.480 e. The van der Waals surface area contributed by atoms with E-state index < -0.39 is 54.5 Å². The molecule has 0 aliphatic rings. The van der Waals surface area contributed by atoms with E-state index in [0.29, 0.717) is 0 Å². The number of carboxylic acids is 1. The number of aliphatic hydroxyl groups excluding tert-OH is 1. The Bertz CT molecular complexity index is 534. The molecule has 0 fully saturated rings. The third-order valence-corrected chi connectivity index (χ3v) is 4.24. The Hall–Kier alpha value is -1.50. The lowest BCUT2D eigenvalue weighted by Gasteiger charge is -2.25. The maximum atomic E-state index is 12.4. The molecule has 3 amide bonds. The third kappa shape index (κ3) is 9.31. The van der Waals surface area contributed by atoms with Gasteiger partial charge in [0, 0.05) is 11.5 Å². The van der Waals surface area contributed by atoms with Crippen molar-refractivity contribution in [3.8, 4) is 0 Å². The van der Waals surface area contributed by atoms with E-state index in [1.54, 1.807) is 0 Å². The molecule has 0 aromatic carbocycles. The molecule has 4 atom stereocenters. The first-order valence-electron chi connectivity index (χ1n) is 8.29. The van der Waals surface area contributed by atoms with Crippen LogP contribution in [0.15, 0.2) is 0 Å². The summed E-state index contributed by atoms with van der Waals surface area (Å²) < 4.78 is 0. The fourth-order valence-corrected chi connectivity index (χ4v) is 2.40. The molecule has 0 aliphatic carbocycles. The predicted octanol–water partition coefficient (Wildman–Crippen LogP) is -2.25. The molecule has 7 N–H and O–H groups in total. The number of rotatable bonds is 12. The summed E-state index contributed by atoms with van der Waals surface area (Å²) in [6.45, 7) is 2.93. The minimum atomic E-state index is -1.31. The SMILES string of the molecule is CC(C)CC(NC(=O)C(CO)NC(=O)C(N)CS)C(=O)NC(CS)C(=O)O. The molecule has 27 heavy (non-hydrogen) atoms. The first kappa shape index (κ1) is 25.5. The van der Waals surface area contributed by atoms with Gasteiger partial charge in [0.15, 0.2) is 0 Å². The Labute approximate surface area is 168 Å². The second-order valence-corrected chi connectivity index (χ2v) is 7.04. The number of aliphatic carboxylic acids is 1. The van der Waals surface area contributed by atoms with E-state index in [-0.39, 0.29) is 23.8 Å². The Morgan fingerprint density at radius 3 is 1.78 bits per heavy atom. The van der Waals surface area contributed by atoms with Crippen LogP contribution >= 0.6 is 25.3 Å². The number of hydrogen-bond acceptors (Lipinski definition) is 8. The highest BCUT2D eigenvalue weighted by Crippen LogP contribution is 2.06. The monoisotopic (exact) mass is 424 g/mol. The summed E-state index contributed by atoms with van der Waals surface area (Å²) in [5.74, 6) is -3.51. The van der Waals surface area contributed by atoms with Gasteiger partial charge in [-0.05, 0) is 12.3 Å². The van der Waals surface area contributed by atoms with E-state index in [2.05, 4.69) is 41.2 Å². The molecule has 0 aliphatic heterocycles. The summed E-state index contributed by atoms with van der Waals surface area (Å²) in [5, 5.41) is 25.4. The number of amides is 3. The summed E-state index contributed by atoms with van der Waals surface area (Å²) in [5.41, 5.74) is 5.50. The molecule has 10 nitrogen and oxygen atoms in total. The average molecular weight is 425 g/mol. The average Bonchev–Trinajstić information content (AvgIpc) is 2.61. The lowest BCUT2D eigenvalue weighted by molar-refractivity contribution is -0.141. The van der Waals surface area contributed by atoms with Crippen molar-refractivity contribution in [3.05, 3.63) is 0 Å². The molecule has 0 spiro atoms. The summed E-state index contributed by atoms with van der Waals surface area (Å²) in [7, 11) is 0. The van der Waals surface area contributed by atoms with Gasteiger partial charge in [0.25, 0.3) is 0 Å². The zero-order valence-electron chi connectivity index (χ0n) is 15.2. The first-order valence-corrected chi connectivity index (χ1v) is 9.55. The maximum absolute atomic E-state index is 12.4. The van der Waals surface area contributed by atoms with Crippen molar-refractivity contribution in [1.82, 2.24) is 16.0 Å². The van der Waals surface area contributed by atoms with Crippen LogP contribution in [0.2, 0.25) is 0 Å². The Kier molecular flexibility index (Phi) is 12.1. The summed E-state index contributed by atoms with van der Waals surface area (Å²) in [6.07, 6.45) is 0.221. The van der Waals surface area contributed by atoms with Gasteiger partial charge in [0.05, 0.1) is 12.6 Å². The Morgan fingerprint density at radius 1 is 0.889 bits per heavy atom. The molecule has 0 aromatic heterocycles. The van der Waals surface area contributed by atoms with Crippen LogP contribution in [0.5, 0.6) is 0 Å². The number of nitrogens with one attached hydrogen (secondary N) is 3. The number of carboxylic acid groups (broad SMARTS) is 1. The van der Waals surface area contributed by atoms with Crippen molar-refractivity contribution < 1.29 is 29.4 Å². The second kappa shape index (κ2) is 12.8. The number of carbonyl (C=O) groups excluding carboxylic acids is 3. The second-order valence-electron chi connectivity index (χ2n) is 6.31. The molecule has 4 unspecified atom stereocenters. The molecule has 12 heteroatoms. The van der Waals surface area contributed by atoms with E-state index in [4.69, 9.17) is 10.8 Å². The van der Waals surface area contributed by atoms with Gasteiger partial charge in [-0.15, -0.1) is 0 Å². The topological polar surface area (TPSA) is 171 Å². The first-order chi connectivity index (χ1) is 12.6. The number of carbonyl (C=O) groups is 4. The zero-order chi connectivity index (χ0) is 21.1. The van der Waals surface area contributed by atoms with Gasteiger partial charge in [-0.25, -0.2) is 4.79 Å². The van der Waals surface area contributed by atoms with Crippen LogP contribution in [0.4, 0.5) is 0 Å². The number of nitrogens with two attached hydrogens (primary N) is 1. The normalized spacial score (nSPS) is 15.4. The molecule has 0 heterocycles. The molecule has 0 rings (SSSR count). The van der Waals surface area contributed by atoms with Gasteiger partial charge >= 0.3 is 5.97 Å². The fourth-order valence-electron chi connectivity index (χ4n) is 1.99. The number of thiol groups is 2. The summed E-state index contributed by atoms with van der Waals surface area (Å²) in [6, 6.07) is -4.54. The number of hydrogen-bond donors (Lipinski definition) is 8. The van der Waals surface area contributed by atoms with Crippen LogP contribution in [0.1, 0.15) is 20.3 Å². The molecule has 0 saturated carbocycles. The van der Waals surface area contributed by atoms with Gasteiger partial charge in [0.2, 0.25) is 17.7 Å². The van der Waals surface area contributed by atoms with Crippen LogP contribution in [0, 0.1) is 5.92 Å². The molecular formula is C15H28N4O6S2. The van der Waals surface area contributed by atoms with E-state index in [1.807, 2.05) is 13.8 Å². The highest BCUT2D eigenvalue weighted by Gasteiger charge is 2.30. The molecule has 0 bridgehead atoms. The minimum Gasteiger partial charge on any atom is -0.480 e. The van der Waals surface area contributed by atoms with E-state index in [1.165, 1.54) is 0 Å². The minimum absolute atomic E-state index is 0.0000942.